The van der Waals surface area contributed by atoms with E-state index in [9.17, 15) is 9.59 Å². The molecule has 0 radical (unpaired) electrons. The van der Waals surface area contributed by atoms with Gasteiger partial charge in [0.05, 0.1) is 24.5 Å². The maximum Gasteiger partial charge on any atom is 0.307 e. The predicted molar refractivity (Wildman–Crippen MR) is 58.0 cm³/mol. The van der Waals surface area contributed by atoms with Crippen molar-refractivity contribution in [2.75, 3.05) is 20.3 Å². The number of aliphatic carboxylic acids is 1. The van der Waals surface area contributed by atoms with E-state index in [1.54, 1.807) is 12.0 Å². The molecule has 16 heavy (non-hydrogen) atoms. The molecule has 1 rings (SSSR count). The number of carboxylic acids is 1. The second kappa shape index (κ2) is 5.30. The van der Waals surface area contributed by atoms with Crippen molar-refractivity contribution in [2.24, 2.45) is 11.8 Å². The first-order valence-corrected chi connectivity index (χ1v) is 5.55. The van der Waals surface area contributed by atoms with E-state index in [0.29, 0.717) is 19.6 Å². The number of amides is 1. The third-order valence-electron chi connectivity index (χ3n) is 2.99. The minimum Gasteiger partial charge on any atom is -0.481 e. The number of carbonyl (C=O) groups is 2. The van der Waals surface area contributed by atoms with Crippen LogP contribution in [-0.2, 0) is 14.3 Å². The van der Waals surface area contributed by atoms with Crippen molar-refractivity contribution in [1.82, 2.24) is 4.90 Å². The molecular formula is C11H19NO4. The molecule has 3 atom stereocenters. The topological polar surface area (TPSA) is 66.8 Å². The van der Waals surface area contributed by atoms with Gasteiger partial charge in [-0.1, -0.05) is 0 Å². The molecule has 3 unspecified atom stereocenters. The van der Waals surface area contributed by atoms with Crippen molar-refractivity contribution < 1.29 is 19.4 Å². The standard InChI is InChI=1S/C11H19NO4/c1-4-12(7(2)6-16-3)10(13)8-5-9(8)11(14)15/h7-9H,4-6H2,1-3H3,(H,14,15). The van der Waals surface area contributed by atoms with Crippen LogP contribution in [0, 0.1) is 11.8 Å². The van der Waals surface area contributed by atoms with Gasteiger partial charge in [0, 0.05) is 13.7 Å². The van der Waals surface area contributed by atoms with Crippen LogP contribution in [-0.4, -0.2) is 48.2 Å². The number of nitrogens with zero attached hydrogens (tertiary/aromatic N) is 1. The lowest BCUT2D eigenvalue weighted by atomic mass is 10.2. The molecule has 0 heterocycles. The quantitative estimate of drug-likeness (QED) is 0.724. The SMILES string of the molecule is CCN(C(=O)C1CC1C(=O)O)C(C)COC. The Bertz CT molecular complexity index is 279. The molecule has 0 aliphatic heterocycles. The average Bonchev–Trinajstić information content (AvgIpc) is 2.98. The maximum absolute atomic E-state index is 12.0. The molecule has 0 aromatic rings. The van der Waals surface area contributed by atoms with Crippen LogP contribution in [0.3, 0.4) is 0 Å². The first kappa shape index (κ1) is 13.0. The molecule has 1 amide bonds. The van der Waals surface area contributed by atoms with Gasteiger partial charge < -0.3 is 14.7 Å². The number of carboxylic acid groups (broad SMARTS) is 1. The fourth-order valence-corrected chi connectivity index (χ4v) is 1.97. The van der Waals surface area contributed by atoms with Crippen LogP contribution >= 0.6 is 0 Å². The summed E-state index contributed by atoms with van der Waals surface area (Å²) >= 11 is 0. The van der Waals surface area contributed by atoms with Gasteiger partial charge in [-0.3, -0.25) is 9.59 Å². The van der Waals surface area contributed by atoms with Crippen LogP contribution in [0.1, 0.15) is 20.3 Å². The molecule has 0 spiro atoms. The van der Waals surface area contributed by atoms with E-state index >= 15 is 0 Å². The van der Waals surface area contributed by atoms with Gasteiger partial charge in [0.15, 0.2) is 0 Å². The Kier molecular flexibility index (Phi) is 4.29. The normalized spacial score (nSPS) is 24.9. The lowest BCUT2D eigenvalue weighted by molar-refractivity contribution is -0.142. The highest BCUT2D eigenvalue weighted by Crippen LogP contribution is 2.40. The van der Waals surface area contributed by atoms with Gasteiger partial charge in [-0.2, -0.15) is 0 Å². The van der Waals surface area contributed by atoms with Gasteiger partial charge in [0.2, 0.25) is 5.91 Å². The molecule has 1 fully saturated rings. The molecule has 1 aliphatic rings. The molecule has 0 aromatic heterocycles. The van der Waals surface area contributed by atoms with Gasteiger partial charge in [0.25, 0.3) is 0 Å². The molecule has 5 heteroatoms. The Morgan fingerprint density at radius 1 is 1.50 bits per heavy atom. The van der Waals surface area contributed by atoms with E-state index < -0.39 is 11.9 Å². The van der Waals surface area contributed by atoms with Crippen molar-refractivity contribution in [3.05, 3.63) is 0 Å². The molecule has 1 saturated carbocycles. The Morgan fingerprint density at radius 2 is 2.12 bits per heavy atom. The molecule has 0 saturated heterocycles. The fourth-order valence-electron chi connectivity index (χ4n) is 1.97. The van der Waals surface area contributed by atoms with E-state index in [1.807, 2.05) is 13.8 Å². The summed E-state index contributed by atoms with van der Waals surface area (Å²) in [5.74, 6) is -1.72. The summed E-state index contributed by atoms with van der Waals surface area (Å²) < 4.78 is 5.00. The van der Waals surface area contributed by atoms with Gasteiger partial charge in [-0.15, -0.1) is 0 Å². The van der Waals surface area contributed by atoms with Crippen molar-refractivity contribution in [1.29, 1.82) is 0 Å². The van der Waals surface area contributed by atoms with Crippen molar-refractivity contribution >= 4 is 11.9 Å². The minimum absolute atomic E-state index is 0.00227. The molecule has 0 bridgehead atoms. The number of hydrogen-bond donors (Lipinski definition) is 1. The van der Waals surface area contributed by atoms with E-state index in [1.165, 1.54) is 0 Å². The van der Waals surface area contributed by atoms with Gasteiger partial charge >= 0.3 is 5.97 Å². The Morgan fingerprint density at radius 3 is 2.50 bits per heavy atom. The van der Waals surface area contributed by atoms with Crippen molar-refractivity contribution in [2.45, 2.75) is 26.3 Å². The number of likely N-dealkylation sites (N-methyl/N-ethyl adjacent to an activating group) is 1. The van der Waals surface area contributed by atoms with E-state index in [0.717, 1.165) is 0 Å². The Labute approximate surface area is 95.4 Å². The lowest BCUT2D eigenvalue weighted by Gasteiger charge is -2.27. The van der Waals surface area contributed by atoms with Crippen LogP contribution in [0.5, 0.6) is 0 Å². The summed E-state index contributed by atoms with van der Waals surface area (Å²) in [7, 11) is 1.59. The van der Waals surface area contributed by atoms with Gasteiger partial charge in [-0.05, 0) is 20.3 Å². The molecule has 0 aromatic carbocycles. The molecule has 1 aliphatic carbocycles. The maximum atomic E-state index is 12.0. The fraction of sp³-hybridized carbons (Fsp3) is 0.818. The molecule has 5 nitrogen and oxygen atoms in total. The number of methoxy groups -OCH3 is 1. The number of hydrogen-bond acceptors (Lipinski definition) is 3. The molecular weight excluding hydrogens is 210 g/mol. The third-order valence-corrected chi connectivity index (χ3v) is 2.99. The van der Waals surface area contributed by atoms with Crippen LogP contribution in [0.2, 0.25) is 0 Å². The molecule has 1 N–H and O–H groups in total. The van der Waals surface area contributed by atoms with Crippen LogP contribution in [0.15, 0.2) is 0 Å². The summed E-state index contributed by atoms with van der Waals surface area (Å²) in [6, 6.07) is -0.00227. The summed E-state index contributed by atoms with van der Waals surface area (Å²) in [6.07, 6.45) is 0.477. The highest BCUT2D eigenvalue weighted by molar-refractivity contribution is 5.89. The van der Waals surface area contributed by atoms with Gasteiger partial charge in [-0.25, -0.2) is 0 Å². The summed E-state index contributed by atoms with van der Waals surface area (Å²) in [4.78, 5) is 24.4. The summed E-state index contributed by atoms with van der Waals surface area (Å²) in [6.45, 7) is 4.86. The van der Waals surface area contributed by atoms with Crippen molar-refractivity contribution in [3.63, 3.8) is 0 Å². The van der Waals surface area contributed by atoms with E-state index in [4.69, 9.17) is 9.84 Å². The van der Waals surface area contributed by atoms with E-state index in [-0.39, 0.29) is 17.9 Å². The first-order valence-electron chi connectivity index (χ1n) is 5.55. The number of ether oxygens (including phenoxy) is 1. The third kappa shape index (κ3) is 2.72. The predicted octanol–water partition coefficient (Wildman–Crippen LogP) is 0.591. The zero-order chi connectivity index (χ0) is 12.3. The Hall–Kier alpha value is -1.10. The lowest BCUT2D eigenvalue weighted by Crippen LogP contribution is -2.42. The second-order valence-electron chi connectivity index (χ2n) is 4.22. The van der Waals surface area contributed by atoms with Crippen LogP contribution in [0.4, 0.5) is 0 Å². The average molecular weight is 229 g/mol. The summed E-state index contributed by atoms with van der Waals surface area (Å²) in [5.41, 5.74) is 0. The Balaban J connectivity index is 2.54. The van der Waals surface area contributed by atoms with Gasteiger partial charge in [0.1, 0.15) is 0 Å². The monoisotopic (exact) mass is 229 g/mol. The zero-order valence-electron chi connectivity index (χ0n) is 9.97. The second-order valence-corrected chi connectivity index (χ2v) is 4.22. The smallest absolute Gasteiger partial charge is 0.307 e. The van der Waals surface area contributed by atoms with E-state index in [2.05, 4.69) is 0 Å². The largest absolute Gasteiger partial charge is 0.481 e. The van der Waals surface area contributed by atoms with Crippen LogP contribution in [0.25, 0.3) is 0 Å². The van der Waals surface area contributed by atoms with Crippen LogP contribution < -0.4 is 0 Å². The minimum atomic E-state index is -0.867. The zero-order valence-corrected chi connectivity index (χ0v) is 9.97. The molecule has 92 valence electrons. The van der Waals surface area contributed by atoms with Crippen molar-refractivity contribution in [3.8, 4) is 0 Å². The first-order chi connectivity index (χ1) is 7.52. The number of carbonyl (C=O) groups excluding carboxylic acids is 1. The highest BCUT2D eigenvalue weighted by Gasteiger charge is 2.50. The highest BCUT2D eigenvalue weighted by atomic mass is 16.5. The summed E-state index contributed by atoms with van der Waals surface area (Å²) in [5, 5.41) is 8.77. The number of rotatable bonds is 6.